The lowest BCUT2D eigenvalue weighted by atomic mass is 10.1. The monoisotopic (exact) mass is 471 g/mol. The Labute approximate surface area is 172 Å². The average molecular weight is 471 g/mol. The van der Waals surface area contributed by atoms with Crippen molar-refractivity contribution in [3.63, 3.8) is 0 Å². The molecule has 1 aromatic heterocycles. The second-order valence-corrected chi connectivity index (χ2v) is 5.88. The second-order valence-electron chi connectivity index (χ2n) is 5.88. The van der Waals surface area contributed by atoms with E-state index in [1.807, 2.05) is 38.1 Å². The van der Waals surface area contributed by atoms with E-state index in [-0.39, 0.29) is 29.8 Å². The van der Waals surface area contributed by atoms with Crippen LogP contribution in [0.25, 0.3) is 0 Å². The number of halogens is 2. The van der Waals surface area contributed by atoms with Crippen LogP contribution in [0.5, 0.6) is 0 Å². The third-order valence-corrected chi connectivity index (χ3v) is 3.66. The van der Waals surface area contributed by atoms with Gasteiger partial charge >= 0.3 is 0 Å². The number of aromatic nitrogens is 1. The Morgan fingerprint density at radius 1 is 1.15 bits per heavy atom. The maximum absolute atomic E-state index is 12.9. The summed E-state index contributed by atoms with van der Waals surface area (Å²) >= 11 is 0. The number of guanidine groups is 1. The first-order valence-corrected chi connectivity index (χ1v) is 8.48. The standard InChI is InChI=1S/C19H26FN5.HI/c1-4-21-19(23-13-11-15-7-9-17(20)10-8-15)24-14-16-6-5-12-22-18(16)25(2)3;/h5-10,12H,4,11,13-14H2,1-3H3,(H2,21,23,24);1H. The molecular formula is C19H27FIN5. The molecule has 0 fully saturated rings. The van der Waals surface area contributed by atoms with E-state index in [9.17, 15) is 4.39 Å². The molecule has 0 aliphatic rings. The van der Waals surface area contributed by atoms with Gasteiger partial charge < -0.3 is 15.5 Å². The Morgan fingerprint density at radius 3 is 2.54 bits per heavy atom. The summed E-state index contributed by atoms with van der Waals surface area (Å²) < 4.78 is 12.9. The van der Waals surface area contributed by atoms with Gasteiger partial charge in [-0.15, -0.1) is 24.0 Å². The van der Waals surface area contributed by atoms with Crippen molar-refractivity contribution < 1.29 is 4.39 Å². The van der Waals surface area contributed by atoms with E-state index in [0.717, 1.165) is 42.4 Å². The summed E-state index contributed by atoms with van der Waals surface area (Å²) in [5.41, 5.74) is 2.16. The highest BCUT2D eigenvalue weighted by atomic mass is 127. The molecule has 0 unspecified atom stereocenters. The lowest BCUT2D eigenvalue weighted by Gasteiger charge is -2.15. The molecular weight excluding hydrogens is 444 g/mol. The van der Waals surface area contributed by atoms with Gasteiger partial charge in [0.05, 0.1) is 6.54 Å². The minimum absolute atomic E-state index is 0. The third kappa shape index (κ3) is 7.15. The lowest BCUT2D eigenvalue weighted by molar-refractivity contribution is 0.626. The normalized spacial score (nSPS) is 10.8. The van der Waals surface area contributed by atoms with E-state index in [0.29, 0.717) is 6.54 Å². The van der Waals surface area contributed by atoms with E-state index in [1.54, 1.807) is 18.3 Å². The summed E-state index contributed by atoms with van der Waals surface area (Å²) in [7, 11) is 3.95. The van der Waals surface area contributed by atoms with E-state index in [4.69, 9.17) is 0 Å². The zero-order valence-corrected chi connectivity index (χ0v) is 17.8. The molecule has 0 amide bonds. The van der Waals surface area contributed by atoms with Gasteiger partial charge in [0.1, 0.15) is 11.6 Å². The molecule has 2 N–H and O–H groups in total. The van der Waals surface area contributed by atoms with Gasteiger partial charge in [0, 0.05) is 38.9 Å². The Kier molecular flexibility index (Phi) is 9.93. The summed E-state index contributed by atoms with van der Waals surface area (Å²) in [5, 5.41) is 6.56. The van der Waals surface area contributed by atoms with Crippen LogP contribution in [-0.4, -0.2) is 38.1 Å². The summed E-state index contributed by atoms with van der Waals surface area (Å²) in [6, 6.07) is 10.5. The van der Waals surface area contributed by atoms with Crippen molar-refractivity contribution in [1.29, 1.82) is 0 Å². The van der Waals surface area contributed by atoms with Gasteiger partial charge in [-0.1, -0.05) is 18.2 Å². The van der Waals surface area contributed by atoms with Gasteiger partial charge in [-0.25, -0.2) is 14.4 Å². The molecule has 0 spiro atoms. The molecule has 26 heavy (non-hydrogen) atoms. The van der Waals surface area contributed by atoms with Crippen LogP contribution in [0.4, 0.5) is 10.2 Å². The molecule has 0 saturated carbocycles. The Balaban J connectivity index is 0.00000338. The van der Waals surface area contributed by atoms with E-state index in [2.05, 4.69) is 20.6 Å². The number of nitrogens with one attached hydrogen (secondary N) is 2. The van der Waals surface area contributed by atoms with E-state index < -0.39 is 0 Å². The highest BCUT2D eigenvalue weighted by Gasteiger charge is 2.05. The molecule has 0 radical (unpaired) electrons. The summed E-state index contributed by atoms with van der Waals surface area (Å²) in [6.45, 7) is 4.10. The first-order valence-electron chi connectivity index (χ1n) is 8.48. The molecule has 2 rings (SSSR count). The van der Waals surface area contributed by atoms with Crippen LogP contribution >= 0.6 is 24.0 Å². The first-order chi connectivity index (χ1) is 12.1. The fourth-order valence-electron chi connectivity index (χ4n) is 2.44. The zero-order chi connectivity index (χ0) is 18.1. The minimum atomic E-state index is -0.209. The zero-order valence-electron chi connectivity index (χ0n) is 15.5. The number of aliphatic imine (C=N–C) groups is 1. The fraction of sp³-hybridized carbons (Fsp3) is 0.368. The van der Waals surface area contributed by atoms with Gasteiger partial charge in [-0.05, 0) is 37.1 Å². The highest BCUT2D eigenvalue weighted by molar-refractivity contribution is 14.0. The Morgan fingerprint density at radius 2 is 1.88 bits per heavy atom. The van der Waals surface area contributed by atoms with Gasteiger partial charge in [0.15, 0.2) is 5.96 Å². The van der Waals surface area contributed by atoms with Crippen molar-refractivity contribution in [2.75, 3.05) is 32.1 Å². The topological polar surface area (TPSA) is 52.6 Å². The molecule has 1 heterocycles. The Bertz CT molecular complexity index is 689. The smallest absolute Gasteiger partial charge is 0.191 e. The summed E-state index contributed by atoms with van der Waals surface area (Å²) in [4.78, 5) is 11.0. The fourth-order valence-corrected chi connectivity index (χ4v) is 2.44. The van der Waals surface area contributed by atoms with Gasteiger partial charge in [0.2, 0.25) is 0 Å². The number of nitrogens with zero attached hydrogens (tertiary/aromatic N) is 3. The van der Waals surface area contributed by atoms with Crippen molar-refractivity contribution in [3.05, 3.63) is 59.5 Å². The van der Waals surface area contributed by atoms with E-state index >= 15 is 0 Å². The molecule has 0 atom stereocenters. The molecule has 7 heteroatoms. The Hall–Kier alpha value is -1.90. The quantitative estimate of drug-likeness (QED) is 0.370. The second kappa shape index (κ2) is 11.7. The SMILES string of the molecule is CCNC(=NCc1cccnc1N(C)C)NCCc1ccc(F)cc1.I. The predicted molar refractivity (Wildman–Crippen MR) is 117 cm³/mol. The average Bonchev–Trinajstić information content (AvgIpc) is 2.61. The largest absolute Gasteiger partial charge is 0.362 e. The van der Waals surface area contributed by atoms with Crippen LogP contribution < -0.4 is 15.5 Å². The maximum atomic E-state index is 12.9. The molecule has 0 saturated heterocycles. The molecule has 0 bridgehead atoms. The van der Waals surface area contributed by atoms with Gasteiger partial charge in [-0.3, -0.25) is 0 Å². The lowest BCUT2D eigenvalue weighted by Crippen LogP contribution is -2.38. The predicted octanol–water partition coefficient (Wildman–Crippen LogP) is 3.20. The highest BCUT2D eigenvalue weighted by Crippen LogP contribution is 2.15. The van der Waals surface area contributed by atoms with Crippen LogP contribution in [0.1, 0.15) is 18.1 Å². The van der Waals surface area contributed by atoms with Crippen LogP contribution in [0.3, 0.4) is 0 Å². The van der Waals surface area contributed by atoms with Crippen LogP contribution in [0.2, 0.25) is 0 Å². The number of benzene rings is 1. The summed E-state index contributed by atoms with van der Waals surface area (Å²) in [5.74, 6) is 1.48. The third-order valence-electron chi connectivity index (χ3n) is 3.66. The van der Waals surface area contributed by atoms with Crippen molar-refractivity contribution in [1.82, 2.24) is 15.6 Å². The number of pyridine rings is 1. The number of hydrogen-bond donors (Lipinski definition) is 2. The van der Waals surface area contributed by atoms with Crippen molar-refractivity contribution >= 4 is 35.8 Å². The van der Waals surface area contributed by atoms with Crippen molar-refractivity contribution in [2.45, 2.75) is 19.9 Å². The molecule has 1 aromatic carbocycles. The van der Waals surface area contributed by atoms with Crippen LogP contribution in [-0.2, 0) is 13.0 Å². The van der Waals surface area contributed by atoms with Gasteiger partial charge in [-0.2, -0.15) is 0 Å². The van der Waals surface area contributed by atoms with Gasteiger partial charge in [0.25, 0.3) is 0 Å². The molecule has 142 valence electrons. The molecule has 0 aliphatic carbocycles. The first kappa shape index (κ1) is 22.1. The van der Waals surface area contributed by atoms with Crippen molar-refractivity contribution in [3.8, 4) is 0 Å². The number of hydrogen-bond acceptors (Lipinski definition) is 3. The molecule has 2 aromatic rings. The van der Waals surface area contributed by atoms with Crippen molar-refractivity contribution in [2.24, 2.45) is 4.99 Å². The summed E-state index contributed by atoms with van der Waals surface area (Å²) in [6.07, 6.45) is 2.59. The van der Waals surface area contributed by atoms with E-state index in [1.165, 1.54) is 12.1 Å². The van der Waals surface area contributed by atoms with Crippen LogP contribution in [0, 0.1) is 5.82 Å². The maximum Gasteiger partial charge on any atom is 0.191 e. The number of rotatable bonds is 7. The molecule has 5 nitrogen and oxygen atoms in total. The minimum Gasteiger partial charge on any atom is -0.362 e. The van der Waals surface area contributed by atoms with Crippen LogP contribution in [0.15, 0.2) is 47.6 Å². The number of anilines is 1. The molecule has 0 aliphatic heterocycles.